The van der Waals surface area contributed by atoms with Gasteiger partial charge in [-0.3, -0.25) is 9.59 Å². The third-order valence-electron chi connectivity index (χ3n) is 6.68. The Labute approximate surface area is 205 Å². The molecule has 10 heteroatoms. The van der Waals surface area contributed by atoms with Crippen LogP contribution in [0.4, 0.5) is 8.78 Å². The van der Waals surface area contributed by atoms with Gasteiger partial charge in [-0.1, -0.05) is 13.0 Å². The Kier molecular flexibility index (Phi) is 5.59. The van der Waals surface area contributed by atoms with Crippen LogP contribution in [0.1, 0.15) is 41.4 Å². The number of benzene rings is 2. The van der Waals surface area contributed by atoms with Crippen LogP contribution in [0.2, 0.25) is 0 Å². The quantitative estimate of drug-likeness (QED) is 0.408. The van der Waals surface area contributed by atoms with E-state index in [-0.39, 0.29) is 34.3 Å². The van der Waals surface area contributed by atoms with Gasteiger partial charge in [0.15, 0.2) is 0 Å². The van der Waals surface area contributed by atoms with Gasteiger partial charge in [-0.25, -0.2) is 21.9 Å². The van der Waals surface area contributed by atoms with Crippen molar-refractivity contribution in [3.63, 3.8) is 0 Å². The van der Waals surface area contributed by atoms with Gasteiger partial charge in [0, 0.05) is 33.8 Å². The fourth-order valence-corrected chi connectivity index (χ4v) is 4.98. The van der Waals surface area contributed by atoms with Crippen LogP contribution in [0.25, 0.3) is 22.0 Å². The number of halogens is 2. The minimum absolute atomic E-state index is 0.0351. The fourth-order valence-electron chi connectivity index (χ4n) is 4.55. The number of nitrogens with one attached hydrogen (secondary N) is 2. The minimum Gasteiger partial charge on any atom is -0.331 e. The molecule has 186 valence electrons. The van der Waals surface area contributed by atoms with Crippen molar-refractivity contribution in [3.8, 4) is 11.1 Å². The Bertz CT molecular complexity index is 1700. The van der Waals surface area contributed by atoms with Crippen molar-refractivity contribution < 1.29 is 22.0 Å². The number of hydrogen-bond acceptors (Lipinski definition) is 4. The van der Waals surface area contributed by atoms with Crippen molar-refractivity contribution >= 4 is 26.8 Å². The zero-order valence-corrected chi connectivity index (χ0v) is 20.4. The Hall–Kier alpha value is -3.79. The van der Waals surface area contributed by atoms with Crippen LogP contribution in [0, 0.1) is 11.6 Å². The van der Waals surface area contributed by atoms with Crippen LogP contribution in [0.3, 0.4) is 0 Å². The lowest BCUT2D eigenvalue weighted by Gasteiger charge is -2.13. The summed E-state index contributed by atoms with van der Waals surface area (Å²) in [5.74, 6) is -2.33. The summed E-state index contributed by atoms with van der Waals surface area (Å²) in [5.41, 5.74) is 1.15. The van der Waals surface area contributed by atoms with Crippen molar-refractivity contribution in [1.82, 2.24) is 14.3 Å². The molecule has 0 unspecified atom stereocenters. The molecule has 36 heavy (non-hydrogen) atoms. The Morgan fingerprint density at radius 3 is 2.56 bits per heavy atom. The number of aromatic nitrogens is 2. The summed E-state index contributed by atoms with van der Waals surface area (Å²) in [7, 11) is -3.98. The van der Waals surface area contributed by atoms with E-state index in [2.05, 4.69) is 11.9 Å². The molecule has 2 aromatic heterocycles. The monoisotopic (exact) mass is 511 g/mol. The third kappa shape index (κ3) is 4.32. The van der Waals surface area contributed by atoms with Crippen molar-refractivity contribution in [1.29, 1.82) is 0 Å². The second-order valence-electron chi connectivity index (χ2n) is 9.45. The highest BCUT2D eigenvalue weighted by Gasteiger charge is 2.39. The number of aromatic amines is 1. The first-order chi connectivity index (χ1) is 17.0. The number of sulfonamides is 1. The van der Waals surface area contributed by atoms with E-state index in [1.165, 1.54) is 16.8 Å². The van der Waals surface area contributed by atoms with Gasteiger partial charge >= 0.3 is 0 Å². The van der Waals surface area contributed by atoms with Gasteiger partial charge in [-0.15, -0.1) is 0 Å². The van der Waals surface area contributed by atoms with E-state index in [0.29, 0.717) is 10.9 Å². The highest BCUT2D eigenvalue weighted by Crippen LogP contribution is 2.49. The van der Waals surface area contributed by atoms with E-state index in [1.807, 2.05) is 16.9 Å². The number of hydrogen-bond donors (Lipinski definition) is 2. The van der Waals surface area contributed by atoms with E-state index in [4.69, 9.17) is 0 Å². The molecule has 0 saturated heterocycles. The molecule has 7 nitrogen and oxygen atoms in total. The summed E-state index contributed by atoms with van der Waals surface area (Å²) >= 11 is 0. The van der Waals surface area contributed by atoms with Crippen LogP contribution < -0.4 is 10.3 Å². The molecule has 2 N–H and O–H groups in total. The van der Waals surface area contributed by atoms with Crippen LogP contribution in [0.15, 0.2) is 59.5 Å². The van der Waals surface area contributed by atoms with E-state index < -0.39 is 33.1 Å². The minimum atomic E-state index is -3.98. The van der Waals surface area contributed by atoms with E-state index in [0.717, 1.165) is 42.9 Å². The molecule has 1 saturated carbocycles. The van der Waals surface area contributed by atoms with E-state index in [1.54, 1.807) is 12.1 Å². The highest BCUT2D eigenvalue weighted by molar-refractivity contribution is 7.89. The van der Waals surface area contributed by atoms with Gasteiger partial charge < -0.3 is 9.55 Å². The Morgan fingerprint density at radius 2 is 1.89 bits per heavy atom. The van der Waals surface area contributed by atoms with Gasteiger partial charge in [0.2, 0.25) is 10.0 Å². The fraction of sp³-hybridized carbons (Fsp3) is 0.231. The lowest BCUT2D eigenvalue weighted by molar-refractivity contribution is 0.0974. The lowest BCUT2D eigenvalue weighted by atomic mass is 9.94. The maximum Gasteiger partial charge on any atom is 0.282 e. The van der Waals surface area contributed by atoms with Gasteiger partial charge in [0.05, 0.1) is 12.8 Å². The first-order valence-corrected chi connectivity index (χ1v) is 13.2. The molecule has 1 aliphatic carbocycles. The van der Waals surface area contributed by atoms with Gasteiger partial charge in [-0.05, 0) is 66.3 Å². The zero-order chi connectivity index (χ0) is 25.8. The van der Waals surface area contributed by atoms with Crippen LogP contribution in [-0.4, -0.2) is 30.1 Å². The Morgan fingerprint density at radius 1 is 1.14 bits per heavy atom. The SMILES string of the molecule is CC1(c2ccc3c(c2)c(-c2ccc[nH]c2=O)c(C(=O)NS(C)(=O)=O)n3Cc2cc(F)ccc2F)CC1. The molecule has 2 heterocycles. The van der Waals surface area contributed by atoms with Crippen LogP contribution in [0.5, 0.6) is 0 Å². The molecule has 1 amide bonds. The maximum atomic E-state index is 14.7. The third-order valence-corrected chi connectivity index (χ3v) is 7.23. The van der Waals surface area contributed by atoms with Crippen molar-refractivity contribution in [2.24, 2.45) is 0 Å². The van der Waals surface area contributed by atoms with E-state index >= 15 is 0 Å². The molecular weight excluding hydrogens is 488 g/mol. The molecule has 1 fully saturated rings. The van der Waals surface area contributed by atoms with Crippen LogP contribution in [-0.2, 0) is 22.0 Å². The molecule has 4 aromatic rings. The van der Waals surface area contributed by atoms with Crippen molar-refractivity contribution in [2.45, 2.75) is 31.7 Å². The van der Waals surface area contributed by atoms with E-state index in [9.17, 15) is 26.8 Å². The summed E-state index contributed by atoms with van der Waals surface area (Å²) in [5, 5.41) is 0.535. The first-order valence-electron chi connectivity index (χ1n) is 11.3. The Balaban J connectivity index is 1.87. The van der Waals surface area contributed by atoms with Crippen LogP contribution >= 0.6 is 0 Å². The summed E-state index contributed by atoms with van der Waals surface area (Å²) in [6.07, 6.45) is 4.25. The molecule has 0 spiro atoms. The number of nitrogens with zero attached hydrogens (tertiary/aromatic N) is 1. The summed E-state index contributed by atoms with van der Waals surface area (Å²) < 4.78 is 56.0. The highest BCUT2D eigenvalue weighted by atomic mass is 32.2. The largest absolute Gasteiger partial charge is 0.331 e. The van der Waals surface area contributed by atoms with Gasteiger partial charge in [-0.2, -0.15) is 0 Å². The summed E-state index contributed by atoms with van der Waals surface area (Å²) in [6.45, 7) is 1.84. The van der Waals surface area contributed by atoms with Gasteiger partial charge in [0.25, 0.3) is 11.5 Å². The number of carbonyl (C=O) groups excluding carboxylic acids is 1. The molecule has 0 radical (unpaired) electrons. The number of fused-ring (bicyclic) bond motifs is 1. The summed E-state index contributed by atoms with van der Waals surface area (Å²) in [6, 6.07) is 11.7. The molecule has 0 bridgehead atoms. The normalized spacial score (nSPS) is 14.7. The van der Waals surface area contributed by atoms with Gasteiger partial charge in [0.1, 0.15) is 17.3 Å². The zero-order valence-electron chi connectivity index (χ0n) is 19.6. The first kappa shape index (κ1) is 23.9. The van der Waals surface area contributed by atoms with Crippen molar-refractivity contribution in [3.05, 3.63) is 93.5 Å². The topological polar surface area (TPSA) is 101 Å². The second kappa shape index (κ2) is 8.41. The average Bonchev–Trinajstić information content (AvgIpc) is 3.48. The molecule has 0 aliphatic heterocycles. The average molecular weight is 512 g/mol. The molecule has 0 atom stereocenters. The predicted octanol–water partition coefficient (Wildman–Crippen LogP) is 4.06. The van der Waals surface area contributed by atoms with Crippen molar-refractivity contribution in [2.75, 3.05) is 6.26 Å². The summed E-state index contributed by atoms with van der Waals surface area (Å²) in [4.78, 5) is 28.8. The number of rotatable bonds is 6. The molecule has 5 rings (SSSR count). The number of pyridine rings is 1. The molecular formula is C26H23F2N3O4S. The number of carbonyl (C=O) groups is 1. The maximum absolute atomic E-state index is 14.7. The molecule has 2 aromatic carbocycles. The standard InChI is InChI=1S/C26H23F2N3O4S/c1-26(9-10-26)16-5-8-21-19(13-16)22(18-4-3-11-29-24(18)32)23(25(33)30-36(2,34)35)31(21)14-15-12-17(27)6-7-20(15)28/h3-8,11-13H,9-10,14H2,1-2H3,(H,29,32)(H,30,33). The smallest absolute Gasteiger partial charge is 0.282 e. The number of amides is 1. The second-order valence-corrected chi connectivity index (χ2v) is 11.2. The molecule has 1 aliphatic rings. The lowest BCUT2D eigenvalue weighted by Crippen LogP contribution is -2.32. The number of H-pyrrole nitrogens is 1. The predicted molar refractivity (Wildman–Crippen MR) is 132 cm³/mol.